The van der Waals surface area contributed by atoms with Gasteiger partial charge in [-0.3, -0.25) is 0 Å². The van der Waals surface area contributed by atoms with Gasteiger partial charge in [-0.25, -0.2) is 0 Å². The van der Waals surface area contributed by atoms with Crippen LogP contribution < -0.4 is 120 Å². The third-order valence-electron chi connectivity index (χ3n) is 3.75. The van der Waals surface area contributed by atoms with Crippen molar-refractivity contribution in [3.05, 3.63) is 0 Å². The predicted octanol–water partition coefficient (Wildman–Crippen LogP) is -4.67. The van der Waals surface area contributed by atoms with Crippen molar-refractivity contribution in [2.45, 2.75) is 96.8 Å². The Morgan fingerprint density at radius 1 is 0.667 bits per heavy atom. The number of hydrogen-bond acceptors (Lipinski definition) is 4. The topological polar surface area (TPSA) is 72.4 Å². The molecule has 0 aliphatic carbocycles. The average molecular weight is 405 g/mol. The summed E-state index contributed by atoms with van der Waals surface area (Å²) in [5.41, 5.74) is 0. The summed E-state index contributed by atoms with van der Waals surface area (Å²) in [6, 6.07) is 0. The number of phosphoric acid groups is 1. The Labute approximate surface area is 236 Å². The van der Waals surface area contributed by atoms with Gasteiger partial charge in [0.15, 0.2) is 0 Å². The van der Waals surface area contributed by atoms with Crippen LogP contribution in [0.1, 0.15) is 96.8 Å². The Kier molecular flexibility index (Phi) is 39.2. The zero-order chi connectivity index (χ0) is 15.8. The number of phosphoric ester groups is 1. The van der Waals surface area contributed by atoms with Gasteiger partial charge in [0, 0.05) is 0 Å². The normalized spacial score (nSPS) is 10.5. The molecule has 0 aromatic carbocycles. The molecule has 0 amide bonds. The third-order valence-corrected chi connectivity index (χ3v) is 4.25. The summed E-state index contributed by atoms with van der Waals surface area (Å²) >= 11 is 0. The number of rotatable bonds is 16. The molecule has 0 aliphatic rings. The quantitative estimate of drug-likeness (QED) is 0.147. The van der Waals surface area contributed by atoms with Crippen LogP contribution in [0, 0.1) is 0 Å². The monoisotopic (exact) mass is 405 g/mol. The van der Waals surface area contributed by atoms with E-state index in [1.807, 2.05) is 0 Å². The van der Waals surface area contributed by atoms with E-state index < -0.39 is 7.82 Å². The maximum atomic E-state index is 10.2. The Balaban J connectivity index is -0.000000667. The summed E-state index contributed by atoms with van der Waals surface area (Å²) in [4.78, 5) is 20.4. The van der Waals surface area contributed by atoms with Crippen LogP contribution in [-0.2, 0) is 9.09 Å². The molecule has 0 bridgehead atoms. The minimum atomic E-state index is -4.75. The van der Waals surface area contributed by atoms with E-state index in [2.05, 4.69) is 11.4 Å². The van der Waals surface area contributed by atoms with Crippen LogP contribution in [0.25, 0.3) is 0 Å². The Hall–Kier alpha value is 3.75. The smallest absolute Gasteiger partial charge is 0.790 e. The van der Waals surface area contributed by atoms with Crippen LogP contribution in [0.15, 0.2) is 0 Å². The van der Waals surface area contributed by atoms with E-state index in [4.69, 9.17) is 0 Å². The molecule has 0 aliphatic heterocycles. The zero-order valence-corrected chi connectivity index (χ0v) is 24.7. The summed E-state index contributed by atoms with van der Waals surface area (Å²) in [6.07, 6.45) is 17.4. The molecule has 0 atom stereocenters. The second-order valence-electron chi connectivity index (χ2n) is 5.88. The van der Waals surface area contributed by atoms with Crippen molar-refractivity contribution in [1.82, 2.24) is 0 Å². The van der Waals surface area contributed by atoms with Gasteiger partial charge in [0.25, 0.3) is 0 Å². The van der Waals surface area contributed by atoms with Crippen molar-refractivity contribution < 1.29 is 129 Å². The van der Waals surface area contributed by atoms with Gasteiger partial charge in [0.2, 0.25) is 0 Å². The first-order valence-electron chi connectivity index (χ1n) is 8.73. The van der Waals surface area contributed by atoms with Crippen molar-refractivity contribution >= 4 is 7.82 Å². The molecule has 0 saturated carbocycles. The van der Waals surface area contributed by atoms with Crippen LogP contribution in [0.5, 0.6) is 0 Å². The second-order valence-corrected chi connectivity index (χ2v) is 7.03. The largest absolute Gasteiger partial charge is 1.00 e. The molecule has 0 fully saturated rings. The molecule has 128 valence electrons. The van der Waals surface area contributed by atoms with Crippen molar-refractivity contribution in [3.8, 4) is 0 Å². The van der Waals surface area contributed by atoms with Gasteiger partial charge in [-0.1, -0.05) is 90.4 Å². The molecular formula is C16H33KNa2O4P+. The third kappa shape index (κ3) is 33.3. The summed E-state index contributed by atoms with van der Waals surface area (Å²) < 4.78 is 14.4. The first kappa shape index (κ1) is 35.2. The van der Waals surface area contributed by atoms with Crippen molar-refractivity contribution in [2.75, 3.05) is 6.61 Å². The standard InChI is InChI=1S/C16H35O4P.K.2Na/c1-2-3-4-5-6-7-8-9-10-11-12-13-14-15-16-20-21(17,18)19;;;/h2-16H2,1H3,(H2,17,18,19);;;/q;3*+1/p-2. The van der Waals surface area contributed by atoms with Gasteiger partial charge in [-0.05, 0) is 6.42 Å². The van der Waals surface area contributed by atoms with Gasteiger partial charge in [0.05, 0.1) is 14.4 Å². The van der Waals surface area contributed by atoms with E-state index in [1.54, 1.807) is 0 Å². The van der Waals surface area contributed by atoms with Crippen molar-refractivity contribution in [2.24, 2.45) is 0 Å². The summed E-state index contributed by atoms with van der Waals surface area (Å²) in [5.74, 6) is 0. The molecule has 0 aromatic heterocycles. The molecule has 8 heteroatoms. The van der Waals surface area contributed by atoms with Gasteiger partial charge in [-0.2, -0.15) is 0 Å². The van der Waals surface area contributed by atoms with Crippen LogP contribution in [0.4, 0.5) is 0 Å². The van der Waals surface area contributed by atoms with Gasteiger partial charge >= 0.3 is 110 Å². The fourth-order valence-corrected chi connectivity index (χ4v) is 2.83. The van der Waals surface area contributed by atoms with E-state index in [0.29, 0.717) is 6.42 Å². The molecule has 0 rings (SSSR count). The van der Waals surface area contributed by atoms with E-state index in [1.165, 1.54) is 70.6 Å². The maximum Gasteiger partial charge on any atom is 1.00 e. The van der Waals surface area contributed by atoms with Crippen LogP contribution in [0.3, 0.4) is 0 Å². The Morgan fingerprint density at radius 2 is 0.958 bits per heavy atom. The molecule has 0 saturated heterocycles. The zero-order valence-electron chi connectivity index (χ0n) is 16.7. The van der Waals surface area contributed by atoms with Crippen LogP contribution in [0.2, 0.25) is 0 Å². The Morgan fingerprint density at radius 3 is 1.25 bits per heavy atom. The van der Waals surface area contributed by atoms with E-state index >= 15 is 0 Å². The van der Waals surface area contributed by atoms with E-state index in [9.17, 15) is 14.4 Å². The SMILES string of the molecule is CCCCCCCCCCCCCCCCOP(=O)([O-])[O-].[K+].[Na+].[Na+]. The average Bonchev–Trinajstić information content (AvgIpc) is 2.42. The molecule has 0 spiro atoms. The molecule has 0 aromatic rings. The number of unbranched alkanes of at least 4 members (excludes halogenated alkanes) is 13. The molecule has 0 N–H and O–H groups in total. The fraction of sp³-hybridized carbons (Fsp3) is 1.00. The first-order chi connectivity index (χ1) is 10.1. The molecule has 0 heterocycles. The first-order valence-corrected chi connectivity index (χ1v) is 10.2. The summed E-state index contributed by atoms with van der Waals surface area (Å²) in [7, 11) is -4.75. The molecule has 24 heavy (non-hydrogen) atoms. The van der Waals surface area contributed by atoms with E-state index in [0.717, 1.165) is 12.8 Å². The molecule has 4 nitrogen and oxygen atoms in total. The maximum absolute atomic E-state index is 10.2. The second kappa shape index (κ2) is 26.7. The van der Waals surface area contributed by atoms with Crippen molar-refractivity contribution in [1.29, 1.82) is 0 Å². The fourth-order valence-electron chi connectivity index (χ4n) is 2.47. The van der Waals surface area contributed by atoms with Gasteiger partial charge in [0.1, 0.15) is 0 Å². The number of hydrogen-bond donors (Lipinski definition) is 0. The van der Waals surface area contributed by atoms with Gasteiger partial charge in [-0.15, -0.1) is 0 Å². The van der Waals surface area contributed by atoms with Gasteiger partial charge < -0.3 is 18.9 Å². The van der Waals surface area contributed by atoms with E-state index in [-0.39, 0.29) is 117 Å². The predicted molar refractivity (Wildman–Crippen MR) is 83.9 cm³/mol. The van der Waals surface area contributed by atoms with Crippen molar-refractivity contribution in [3.63, 3.8) is 0 Å². The molecule has 0 radical (unpaired) electrons. The van der Waals surface area contributed by atoms with Crippen LogP contribution in [-0.4, -0.2) is 6.61 Å². The Bertz CT molecular complexity index is 268. The minimum absolute atomic E-state index is 0. The summed E-state index contributed by atoms with van der Waals surface area (Å²) in [5, 5.41) is 0. The molecular weight excluding hydrogens is 372 g/mol. The molecule has 0 unspecified atom stereocenters. The van der Waals surface area contributed by atoms with Crippen LogP contribution >= 0.6 is 7.82 Å². The summed E-state index contributed by atoms with van der Waals surface area (Å²) in [6.45, 7) is 2.29. The minimum Gasteiger partial charge on any atom is -0.790 e.